The summed E-state index contributed by atoms with van der Waals surface area (Å²) in [6, 6.07) is 20.4. The van der Waals surface area contributed by atoms with E-state index in [2.05, 4.69) is 41.4 Å². The van der Waals surface area contributed by atoms with Crippen molar-refractivity contribution in [1.82, 2.24) is 4.98 Å². The number of allylic oxidation sites excluding steroid dienone is 1. The number of fused-ring (bicyclic) bond motifs is 1. The van der Waals surface area contributed by atoms with Crippen molar-refractivity contribution in [3.8, 4) is 0 Å². The van der Waals surface area contributed by atoms with Crippen molar-refractivity contribution in [2.45, 2.75) is 6.92 Å². The molecule has 1 nitrogen and oxygen atoms in total. The maximum atomic E-state index is 3.18. The minimum Gasteiger partial charge on any atom is -0.361 e. The Labute approximate surface area is 108 Å². The lowest BCUT2D eigenvalue weighted by Gasteiger charge is -1.94. The Morgan fingerprint density at radius 2 is 1.50 bits per heavy atom. The lowest BCUT2D eigenvalue weighted by molar-refractivity contribution is 1.48. The fraction of sp³-hybridized carbons (Fsp3) is 0.0588. The quantitative estimate of drug-likeness (QED) is 0.618. The highest BCUT2D eigenvalue weighted by Crippen LogP contribution is 2.18. The lowest BCUT2D eigenvalue weighted by atomic mass is 10.1. The Kier molecular flexibility index (Phi) is 4.37. The van der Waals surface area contributed by atoms with Crippen molar-refractivity contribution < 1.29 is 0 Å². The van der Waals surface area contributed by atoms with Crippen molar-refractivity contribution in [2.24, 2.45) is 0 Å². The van der Waals surface area contributed by atoms with Crippen LogP contribution in [-0.4, -0.2) is 4.98 Å². The van der Waals surface area contributed by atoms with Gasteiger partial charge in [-0.15, -0.1) is 0 Å². The SMILES string of the molecule is C/C=C/c1cccc2[nH]ccc12.c1ccccc1. The van der Waals surface area contributed by atoms with Crippen LogP contribution >= 0.6 is 0 Å². The van der Waals surface area contributed by atoms with Crippen LogP contribution in [-0.2, 0) is 0 Å². The Hall–Kier alpha value is -2.28. The van der Waals surface area contributed by atoms with E-state index in [0.29, 0.717) is 0 Å². The smallest absolute Gasteiger partial charge is 0.0459 e. The van der Waals surface area contributed by atoms with Gasteiger partial charge in [0.05, 0.1) is 0 Å². The molecule has 3 rings (SSSR count). The topological polar surface area (TPSA) is 15.8 Å². The highest BCUT2D eigenvalue weighted by Gasteiger charge is 1.96. The molecule has 1 aromatic heterocycles. The number of benzene rings is 2. The normalized spacial score (nSPS) is 10.3. The van der Waals surface area contributed by atoms with Crippen LogP contribution in [0.5, 0.6) is 0 Å². The zero-order chi connectivity index (χ0) is 12.6. The van der Waals surface area contributed by atoms with Gasteiger partial charge in [0, 0.05) is 17.1 Å². The van der Waals surface area contributed by atoms with Crippen molar-refractivity contribution in [3.63, 3.8) is 0 Å². The second-order valence-electron chi connectivity index (χ2n) is 3.94. The molecule has 0 aliphatic rings. The molecule has 0 aliphatic heterocycles. The Bertz CT molecular complexity index is 579. The fourth-order valence-electron chi connectivity index (χ4n) is 1.82. The molecule has 0 bridgehead atoms. The van der Waals surface area contributed by atoms with E-state index in [4.69, 9.17) is 0 Å². The van der Waals surface area contributed by atoms with Crippen molar-refractivity contribution in [1.29, 1.82) is 0 Å². The molecular formula is C17H17N. The van der Waals surface area contributed by atoms with Crippen LogP contribution in [0, 0.1) is 0 Å². The van der Waals surface area contributed by atoms with E-state index in [1.165, 1.54) is 16.5 Å². The molecule has 0 saturated heterocycles. The third-order valence-corrected chi connectivity index (χ3v) is 2.64. The third-order valence-electron chi connectivity index (χ3n) is 2.64. The summed E-state index contributed by atoms with van der Waals surface area (Å²) in [6.45, 7) is 2.03. The van der Waals surface area contributed by atoms with Gasteiger partial charge in [-0.2, -0.15) is 0 Å². The largest absolute Gasteiger partial charge is 0.361 e. The maximum absolute atomic E-state index is 3.18. The van der Waals surface area contributed by atoms with E-state index >= 15 is 0 Å². The molecule has 1 heterocycles. The van der Waals surface area contributed by atoms with Gasteiger partial charge in [0.2, 0.25) is 0 Å². The molecule has 0 fully saturated rings. The Balaban J connectivity index is 0.000000169. The molecule has 1 heteroatoms. The van der Waals surface area contributed by atoms with Gasteiger partial charge in [-0.25, -0.2) is 0 Å². The summed E-state index contributed by atoms with van der Waals surface area (Å²) in [5.74, 6) is 0. The van der Waals surface area contributed by atoms with E-state index in [-0.39, 0.29) is 0 Å². The first kappa shape index (κ1) is 12.2. The van der Waals surface area contributed by atoms with Gasteiger partial charge in [0.25, 0.3) is 0 Å². The number of hydrogen-bond acceptors (Lipinski definition) is 0. The van der Waals surface area contributed by atoms with Gasteiger partial charge >= 0.3 is 0 Å². The molecule has 18 heavy (non-hydrogen) atoms. The van der Waals surface area contributed by atoms with Crippen LogP contribution in [0.2, 0.25) is 0 Å². The van der Waals surface area contributed by atoms with Crippen molar-refractivity contribution in [2.75, 3.05) is 0 Å². The summed E-state index contributed by atoms with van der Waals surface area (Å²) < 4.78 is 0. The third kappa shape index (κ3) is 3.11. The summed E-state index contributed by atoms with van der Waals surface area (Å²) in [6.07, 6.45) is 6.15. The molecule has 2 aromatic carbocycles. The van der Waals surface area contributed by atoms with E-state index in [9.17, 15) is 0 Å². The van der Waals surface area contributed by atoms with Gasteiger partial charge in [0.15, 0.2) is 0 Å². The van der Waals surface area contributed by atoms with E-state index < -0.39 is 0 Å². The van der Waals surface area contributed by atoms with E-state index in [0.717, 1.165) is 0 Å². The van der Waals surface area contributed by atoms with Gasteiger partial charge in [0.1, 0.15) is 0 Å². The van der Waals surface area contributed by atoms with Gasteiger partial charge in [-0.1, -0.05) is 60.7 Å². The Morgan fingerprint density at radius 1 is 0.833 bits per heavy atom. The molecule has 0 aliphatic carbocycles. The second kappa shape index (κ2) is 6.45. The molecule has 0 spiro atoms. The summed E-state index contributed by atoms with van der Waals surface area (Å²) in [4.78, 5) is 3.18. The number of aromatic amines is 1. The van der Waals surface area contributed by atoms with Crippen LogP contribution in [0.3, 0.4) is 0 Å². The first-order valence-corrected chi connectivity index (χ1v) is 6.10. The zero-order valence-electron chi connectivity index (χ0n) is 10.5. The summed E-state index contributed by atoms with van der Waals surface area (Å²) in [5.41, 5.74) is 2.47. The summed E-state index contributed by atoms with van der Waals surface area (Å²) >= 11 is 0. The van der Waals surface area contributed by atoms with Crippen molar-refractivity contribution >= 4 is 17.0 Å². The molecule has 0 amide bonds. The average molecular weight is 235 g/mol. The average Bonchev–Trinajstić information content (AvgIpc) is 2.91. The minimum atomic E-state index is 1.20. The second-order valence-corrected chi connectivity index (χ2v) is 3.94. The van der Waals surface area contributed by atoms with Gasteiger partial charge in [-0.3, -0.25) is 0 Å². The number of H-pyrrole nitrogens is 1. The molecule has 0 saturated carbocycles. The molecular weight excluding hydrogens is 218 g/mol. The van der Waals surface area contributed by atoms with Crippen LogP contribution in [0.15, 0.2) is 72.9 Å². The predicted molar refractivity (Wildman–Crippen MR) is 79.4 cm³/mol. The van der Waals surface area contributed by atoms with Crippen LogP contribution in [0.1, 0.15) is 12.5 Å². The highest BCUT2D eigenvalue weighted by atomic mass is 14.7. The zero-order valence-corrected chi connectivity index (χ0v) is 10.5. The number of hydrogen-bond donors (Lipinski definition) is 1. The van der Waals surface area contributed by atoms with Crippen LogP contribution in [0.4, 0.5) is 0 Å². The molecule has 1 N–H and O–H groups in total. The number of rotatable bonds is 1. The number of aromatic nitrogens is 1. The molecule has 0 atom stereocenters. The molecule has 3 aromatic rings. The van der Waals surface area contributed by atoms with E-state index in [1.807, 2.05) is 49.5 Å². The lowest BCUT2D eigenvalue weighted by Crippen LogP contribution is -1.72. The first-order chi connectivity index (χ1) is 8.92. The molecule has 90 valence electrons. The first-order valence-electron chi connectivity index (χ1n) is 6.10. The standard InChI is InChI=1S/C11H11N.C6H6/c1-2-4-9-5-3-6-11-10(9)7-8-12-11;1-2-4-6-5-3-1/h2-8,12H,1H3;1-6H/b4-2+;. The molecule has 0 radical (unpaired) electrons. The minimum absolute atomic E-state index is 1.20. The number of nitrogens with one attached hydrogen (secondary N) is 1. The van der Waals surface area contributed by atoms with Gasteiger partial charge in [-0.05, 0) is 24.6 Å². The molecule has 0 unspecified atom stereocenters. The van der Waals surface area contributed by atoms with Crippen LogP contribution in [0.25, 0.3) is 17.0 Å². The fourth-order valence-corrected chi connectivity index (χ4v) is 1.82. The van der Waals surface area contributed by atoms with Crippen molar-refractivity contribution in [3.05, 3.63) is 78.5 Å². The predicted octanol–water partition coefficient (Wildman–Crippen LogP) is 4.89. The summed E-state index contributed by atoms with van der Waals surface area (Å²) in [5, 5.41) is 1.29. The monoisotopic (exact) mass is 235 g/mol. The summed E-state index contributed by atoms with van der Waals surface area (Å²) in [7, 11) is 0. The van der Waals surface area contributed by atoms with E-state index in [1.54, 1.807) is 0 Å². The van der Waals surface area contributed by atoms with Crippen LogP contribution < -0.4 is 0 Å². The van der Waals surface area contributed by atoms with Gasteiger partial charge < -0.3 is 4.98 Å². The maximum Gasteiger partial charge on any atom is 0.0459 e. The Morgan fingerprint density at radius 3 is 2.11 bits per heavy atom. The highest BCUT2D eigenvalue weighted by molar-refractivity contribution is 5.88.